The van der Waals surface area contributed by atoms with Gasteiger partial charge in [0.1, 0.15) is 0 Å². The van der Waals surface area contributed by atoms with Gasteiger partial charge in [0.25, 0.3) is 0 Å². The third-order valence-corrected chi connectivity index (χ3v) is 3.21. The van der Waals surface area contributed by atoms with Crippen LogP contribution in [-0.2, 0) is 17.9 Å². The van der Waals surface area contributed by atoms with Gasteiger partial charge in [-0.15, -0.1) is 0 Å². The Bertz CT molecular complexity index is 364. The fourth-order valence-electron chi connectivity index (χ4n) is 1.74. The molecule has 0 aromatic heterocycles. The number of ether oxygens (including phenoxy) is 1. The van der Waals surface area contributed by atoms with E-state index in [2.05, 4.69) is 17.4 Å². The molecule has 0 saturated carbocycles. The van der Waals surface area contributed by atoms with Gasteiger partial charge >= 0.3 is 0 Å². The summed E-state index contributed by atoms with van der Waals surface area (Å²) in [5.41, 5.74) is 1.88. The first-order valence-electron chi connectivity index (χ1n) is 6.72. The maximum absolute atomic E-state index is 9.23. The van der Waals surface area contributed by atoms with Gasteiger partial charge in [-0.2, -0.15) is 0 Å². The summed E-state index contributed by atoms with van der Waals surface area (Å²) in [6, 6.07) is 8.13. The number of benzene rings is 1. The molecule has 0 saturated heterocycles. The van der Waals surface area contributed by atoms with E-state index in [4.69, 9.17) is 4.74 Å². The van der Waals surface area contributed by atoms with Gasteiger partial charge < -0.3 is 20.3 Å². The van der Waals surface area contributed by atoms with Crippen molar-refractivity contribution in [2.75, 3.05) is 26.4 Å². The van der Waals surface area contributed by atoms with E-state index in [1.54, 1.807) is 0 Å². The molecule has 0 aliphatic carbocycles. The maximum Gasteiger partial charge on any atom is 0.0719 e. The Morgan fingerprint density at radius 2 is 1.79 bits per heavy atom. The molecule has 0 fully saturated rings. The predicted molar refractivity (Wildman–Crippen MR) is 75.8 cm³/mol. The van der Waals surface area contributed by atoms with E-state index >= 15 is 0 Å². The molecule has 1 rings (SSSR count). The number of rotatable bonds is 9. The van der Waals surface area contributed by atoms with Crippen LogP contribution in [0.1, 0.15) is 25.0 Å². The second-order valence-corrected chi connectivity index (χ2v) is 5.14. The average molecular weight is 267 g/mol. The van der Waals surface area contributed by atoms with Crippen LogP contribution in [0.4, 0.5) is 0 Å². The Morgan fingerprint density at radius 1 is 1.16 bits per heavy atom. The summed E-state index contributed by atoms with van der Waals surface area (Å²) in [7, 11) is 0. The summed E-state index contributed by atoms with van der Waals surface area (Å²) >= 11 is 0. The molecule has 0 spiro atoms. The summed E-state index contributed by atoms with van der Waals surface area (Å²) in [6.07, 6.45) is 0. The van der Waals surface area contributed by atoms with Crippen molar-refractivity contribution in [1.82, 2.24) is 5.32 Å². The number of hydrogen-bond donors (Lipinski definition) is 3. The first-order valence-corrected chi connectivity index (χ1v) is 6.72. The Kier molecular flexibility index (Phi) is 7.02. The lowest BCUT2D eigenvalue weighted by atomic mass is 9.93. The number of aliphatic hydroxyl groups is 2. The first-order chi connectivity index (χ1) is 9.15. The van der Waals surface area contributed by atoms with Gasteiger partial charge in [0.15, 0.2) is 0 Å². The van der Waals surface area contributed by atoms with Crippen LogP contribution in [0.25, 0.3) is 0 Å². The van der Waals surface area contributed by atoms with Crippen molar-refractivity contribution in [3.63, 3.8) is 0 Å². The van der Waals surface area contributed by atoms with Gasteiger partial charge in [-0.3, -0.25) is 0 Å². The molecule has 0 atom stereocenters. The standard InChI is InChI=1S/C15H25NO3/c1-3-19-9-14-7-5-4-6-13(14)8-16-10-15(2,11-17)12-18/h4-7,16-18H,3,8-12H2,1-2H3. The highest BCUT2D eigenvalue weighted by Crippen LogP contribution is 2.14. The lowest BCUT2D eigenvalue weighted by molar-refractivity contribution is 0.0694. The molecule has 1 aromatic rings. The van der Waals surface area contributed by atoms with Crippen LogP contribution >= 0.6 is 0 Å². The zero-order chi connectivity index (χ0) is 14.1. The fourth-order valence-corrected chi connectivity index (χ4v) is 1.74. The molecule has 0 bridgehead atoms. The van der Waals surface area contributed by atoms with Gasteiger partial charge in [-0.05, 0) is 18.1 Å². The minimum atomic E-state index is -0.477. The number of aliphatic hydroxyl groups excluding tert-OH is 2. The molecule has 0 amide bonds. The first kappa shape index (κ1) is 16.1. The van der Waals surface area contributed by atoms with Crippen molar-refractivity contribution in [1.29, 1.82) is 0 Å². The monoisotopic (exact) mass is 267 g/mol. The topological polar surface area (TPSA) is 61.7 Å². The third-order valence-electron chi connectivity index (χ3n) is 3.21. The van der Waals surface area contributed by atoms with Gasteiger partial charge in [0.05, 0.1) is 19.8 Å². The smallest absolute Gasteiger partial charge is 0.0719 e. The largest absolute Gasteiger partial charge is 0.396 e. The molecular formula is C15H25NO3. The van der Waals surface area contributed by atoms with Crippen LogP contribution in [0.2, 0.25) is 0 Å². The summed E-state index contributed by atoms with van der Waals surface area (Å²) in [5, 5.41) is 21.8. The van der Waals surface area contributed by atoms with E-state index < -0.39 is 5.41 Å². The molecule has 0 heterocycles. The van der Waals surface area contributed by atoms with Gasteiger partial charge in [-0.25, -0.2) is 0 Å². The molecule has 4 nitrogen and oxygen atoms in total. The highest BCUT2D eigenvalue weighted by Gasteiger charge is 2.21. The highest BCUT2D eigenvalue weighted by molar-refractivity contribution is 5.26. The molecule has 0 aliphatic heterocycles. The van der Waals surface area contributed by atoms with Crippen molar-refractivity contribution in [2.24, 2.45) is 5.41 Å². The SMILES string of the molecule is CCOCc1ccccc1CNCC(C)(CO)CO. The lowest BCUT2D eigenvalue weighted by Crippen LogP contribution is -2.37. The zero-order valence-electron chi connectivity index (χ0n) is 11.9. The van der Waals surface area contributed by atoms with Gasteiger partial charge in [-0.1, -0.05) is 31.2 Å². The quantitative estimate of drug-likeness (QED) is 0.631. The molecule has 0 aliphatic rings. The van der Waals surface area contributed by atoms with Crippen LogP contribution in [0.15, 0.2) is 24.3 Å². The van der Waals surface area contributed by atoms with E-state index in [0.717, 1.165) is 0 Å². The predicted octanol–water partition coefficient (Wildman–Crippen LogP) is 1.30. The van der Waals surface area contributed by atoms with Crippen molar-refractivity contribution in [2.45, 2.75) is 27.0 Å². The Labute approximate surface area is 115 Å². The molecule has 4 heteroatoms. The van der Waals surface area contributed by atoms with Crippen LogP contribution in [0, 0.1) is 5.41 Å². The minimum absolute atomic E-state index is 0.0307. The number of hydrogen-bond acceptors (Lipinski definition) is 4. The average Bonchev–Trinajstić information content (AvgIpc) is 2.46. The fraction of sp³-hybridized carbons (Fsp3) is 0.600. The third kappa shape index (κ3) is 5.28. The van der Waals surface area contributed by atoms with E-state index in [1.165, 1.54) is 11.1 Å². The minimum Gasteiger partial charge on any atom is -0.396 e. The van der Waals surface area contributed by atoms with Gasteiger partial charge in [0.2, 0.25) is 0 Å². The van der Waals surface area contributed by atoms with Crippen molar-refractivity contribution in [3.8, 4) is 0 Å². The molecule has 19 heavy (non-hydrogen) atoms. The Morgan fingerprint density at radius 3 is 2.37 bits per heavy atom. The van der Waals surface area contributed by atoms with Gasteiger partial charge in [0, 0.05) is 25.1 Å². The van der Waals surface area contributed by atoms with Crippen LogP contribution in [-0.4, -0.2) is 36.6 Å². The van der Waals surface area contributed by atoms with Crippen molar-refractivity contribution < 1.29 is 14.9 Å². The summed E-state index contributed by atoms with van der Waals surface area (Å²) in [6.45, 7) is 6.37. The second kappa shape index (κ2) is 8.27. The zero-order valence-corrected chi connectivity index (χ0v) is 11.9. The van der Waals surface area contributed by atoms with E-state index in [9.17, 15) is 10.2 Å². The van der Waals surface area contributed by atoms with Crippen molar-refractivity contribution >= 4 is 0 Å². The van der Waals surface area contributed by atoms with E-state index in [1.807, 2.05) is 26.0 Å². The normalized spacial score (nSPS) is 11.8. The van der Waals surface area contributed by atoms with Crippen molar-refractivity contribution in [3.05, 3.63) is 35.4 Å². The molecule has 3 N–H and O–H groups in total. The molecule has 0 unspecified atom stereocenters. The maximum atomic E-state index is 9.23. The van der Waals surface area contributed by atoms with Crippen LogP contribution in [0.5, 0.6) is 0 Å². The highest BCUT2D eigenvalue weighted by atomic mass is 16.5. The Balaban J connectivity index is 2.53. The van der Waals surface area contributed by atoms with Crippen LogP contribution in [0.3, 0.4) is 0 Å². The van der Waals surface area contributed by atoms with E-state index in [0.29, 0.717) is 26.3 Å². The lowest BCUT2D eigenvalue weighted by Gasteiger charge is -2.25. The molecule has 0 radical (unpaired) electrons. The molecule has 1 aromatic carbocycles. The Hall–Kier alpha value is -0.940. The van der Waals surface area contributed by atoms with Crippen LogP contribution < -0.4 is 5.32 Å². The summed E-state index contributed by atoms with van der Waals surface area (Å²) < 4.78 is 5.44. The van der Waals surface area contributed by atoms with E-state index in [-0.39, 0.29) is 13.2 Å². The summed E-state index contributed by atoms with van der Waals surface area (Å²) in [5.74, 6) is 0. The second-order valence-electron chi connectivity index (χ2n) is 5.14. The molecular weight excluding hydrogens is 242 g/mol. The number of nitrogens with one attached hydrogen (secondary N) is 1. The molecule has 108 valence electrons. The summed E-state index contributed by atoms with van der Waals surface area (Å²) in [4.78, 5) is 0.